The molecule has 2 rings (SSSR count). The molecular formula is C13H18N2O2. The van der Waals surface area contributed by atoms with E-state index < -0.39 is 0 Å². The number of anilines is 1. The zero-order valence-electron chi connectivity index (χ0n) is 10.1. The number of hydrogen-bond donors (Lipinski definition) is 1. The summed E-state index contributed by atoms with van der Waals surface area (Å²) in [5.41, 5.74) is 6.53. The molecule has 1 heterocycles. The fraction of sp³-hybridized carbons (Fsp3) is 0.462. The molecule has 17 heavy (non-hydrogen) atoms. The van der Waals surface area contributed by atoms with Crippen LogP contribution in [-0.4, -0.2) is 25.6 Å². The summed E-state index contributed by atoms with van der Waals surface area (Å²) in [6, 6.07) is 7.62. The standard InChI is InChI=1S/C13H18N2O2/c1-2-17-12-5-3-11(4-6-12)15-9-10(8-14)7-13(15)16/h3-6,10H,2,7-9,14H2,1H3. The van der Waals surface area contributed by atoms with E-state index in [1.165, 1.54) is 0 Å². The molecule has 1 amide bonds. The Morgan fingerprint density at radius 3 is 2.65 bits per heavy atom. The van der Waals surface area contributed by atoms with Crippen LogP contribution in [0.4, 0.5) is 5.69 Å². The summed E-state index contributed by atoms with van der Waals surface area (Å²) in [5.74, 6) is 1.27. The molecule has 1 aliphatic heterocycles. The maximum Gasteiger partial charge on any atom is 0.227 e. The SMILES string of the molecule is CCOc1ccc(N2CC(CN)CC2=O)cc1. The minimum Gasteiger partial charge on any atom is -0.494 e. The van der Waals surface area contributed by atoms with Crippen molar-refractivity contribution in [2.75, 3.05) is 24.6 Å². The summed E-state index contributed by atoms with van der Waals surface area (Å²) >= 11 is 0. The number of benzene rings is 1. The van der Waals surface area contributed by atoms with E-state index in [1.54, 1.807) is 4.90 Å². The Labute approximate surface area is 101 Å². The first-order valence-corrected chi connectivity index (χ1v) is 5.98. The molecule has 0 radical (unpaired) electrons. The van der Waals surface area contributed by atoms with E-state index >= 15 is 0 Å². The number of hydrogen-bond acceptors (Lipinski definition) is 3. The second-order valence-electron chi connectivity index (χ2n) is 4.24. The summed E-state index contributed by atoms with van der Waals surface area (Å²) in [6.45, 7) is 3.89. The van der Waals surface area contributed by atoms with Crippen LogP contribution >= 0.6 is 0 Å². The molecule has 1 aromatic carbocycles. The Balaban J connectivity index is 2.09. The fourth-order valence-corrected chi connectivity index (χ4v) is 2.08. The monoisotopic (exact) mass is 234 g/mol. The van der Waals surface area contributed by atoms with Crippen molar-refractivity contribution in [1.82, 2.24) is 0 Å². The maximum absolute atomic E-state index is 11.8. The first kappa shape index (κ1) is 11.9. The van der Waals surface area contributed by atoms with Gasteiger partial charge in [0.05, 0.1) is 6.61 Å². The minimum atomic E-state index is 0.157. The highest BCUT2D eigenvalue weighted by Crippen LogP contribution is 2.26. The normalized spacial score (nSPS) is 19.8. The highest BCUT2D eigenvalue weighted by Gasteiger charge is 2.29. The van der Waals surface area contributed by atoms with Gasteiger partial charge < -0.3 is 15.4 Å². The van der Waals surface area contributed by atoms with Crippen LogP contribution in [0, 0.1) is 5.92 Å². The highest BCUT2D eigenvalue weighted by atomic mass is 16.5. The van der Waals surface area contributed by atoms with E-state index in [0.29, 0.717) is 19.6 Å². The molecule has 0 aromatic heterocycles. The topological polar surface area (TPSA) is 55.6 Å². The summed E-state index contributed by atoms with van der Waals surface area (Å²) < 4.78 is 5.37. The van der Waals surface area contributed by atoms with Gasteiger partial charge in [-0.3, -0.25) is 4.79 Å². The Hall–Kier alpha value is -1.55. The first-order chi connectivity index (χ1) is 8.24. The van der Waals surface area contributed by atoms with Crippen LogP contribution in [-0.2, 0) is 4.79 Å². The minimum absolute atomic E-state index is 0.157. The van der Waals surface area contributed by atoms with Gasteiger partial charge >= 0.3 is 0 Å². The van der Waals surface area contributed by atoms with Crippen LogP contribution in [0.1, 0.15) is 13.3 Å². The third-order valence-corrected chi connectivity index (χ3v) is 3.00. The summed E-state index contributed by atoms with van der Waals surface area (Å²) in [5, 5.41) is 0. The molecule has 2 N–H and O–H groups in total. The molecule has 1 fully saturated rings. The molecule has 1 atom stereocenters. The van der Waals surface area contributed by atoms with E-state index in [2.05, 4.69) is 0 Å². The van der Waals surface area contributed by atoms with Crippen molar-refractivity contribution >= 4 is 11.6 Å². The van der Waals surface area contributed by atoms with Crippen LogP contribution in [0.5, 0.6) is 5.75 Å². The number of nitrogens with zero attached hydrogens (tertiary/aromatic N) is 1. The second-order valence-corrected chi connectivity index (χ2v) is 4.24. The van der Waals surface area contributed by atoms with Crippen molar-refractivity contribution < 1.29 is 9.53 Å². The first-order valence-electron chi connectivity index (χ1n) is 5.98. The molecule has 1 saturated heterocycles. The van der Waals surface area contributed by atoms with E-state index in [1.807, 2.05) is 31.2 Å². The molecule has 0 aliphatic carbocycles. The average molecular weight is 234 g/mol. The number of rotatable bonds is 4. The molecule has 0 spiro atoms. The van der Waals surface area contributed by atoms with Crippen LogP contribution in [0.15, 0.2) is 24.3 Å². The lowest BCUT2D eigenvalue weighted by atomic mass is 10.1. The van der Waals surface area contributed by atoms with Crippen molar-refractivity contribution in [3.8, 4) is 5.75 Å². The molecule has 0 saturated carbocycles. The number of carbonyl (C=O) groups excluding carboxylic acids is 1. The van der Waals surface area contributed by atoms with Gasteiger partial charge in [-0.2, -0.15) is 0 Å². The Morgan fingerprint density at radius 1 is 1.41 bits per heavy atom. The fourth-order valence-electron chi connectivity index (χ4n) is 2.08. The third-order valence-electron chi connectivity index (χ3n) is 3.00. The molecule has 1 aromatic rings. The van der Waals surface area contributed by atoms with E-state index in [9.17, 15) is 4.79 Å². The van der Waals surface area contributed by atoms with E-state index in [4.69, 9.17) is 10.5 Å². The molecule has 1 aliphatic rings. The number of amides is 1. The lowest BCUT2D eigenvalue weighted by molar-refractivity contribution is -0.117. The van der Waals surface area contributed by atoms with Crippen LogP contribution < -0.4 is 15.4 Å². The van der Waals surface area contributed by atoms with Gasteiger partial charge in [-0.1, -0.05) is 0 Å². The third kappa shape index (κ3) is 2.58. The Morgan fingerprint density at radius 2 is 2.12 bits per heavy atom. The number of nitrogens with two attached hydrogens (primary N) is 1. The lowest BCUT2D eigenvalue weighted by Crippen LogP contribution is -2.25. The van der Waals surface area contributed by atoms with Crippen molar-refractivity contribution in [2.45, 2.75) is 13.3 Å². The summed E-state index contributed by atoms with van der Waals surface area (Å²) in [6.07, 6.45) is 0.559. The molecule has 92 valence electrons. The number of ether oxygens (including phenoxy) is 1. The zero-order chi connectivity index (χ0) is 12.3. The predicted molar refractivity (Wildman–Crippen MR) is 67.1 cm³/mol. The van der Waals surface area contributed by atoms with Gasteiger partial charge in [-0.15, -0.1) is 0 Å². The van der Waals surface area contributed by atoms with Gasteiger partial charge in [0.1, 0.15) is 5.75 Å². The van der Waals surface area contributed by atoms with E-state index in [0.717, 1.165) is 18.0 Å². The van der Waals surface area contributed by atoms with Crippen molar-refractivity contribution in [3.05, 3.63) is 24.3 Å². The average Bonchev–Trinajstić information content (AvgIpc) is 2.72. The van der Waals surface area contributed by atoms with Crippen molar-refractivity contribution in [3.63, 3.8) is 0 Å². The van der Waals surface area contributed by atoms with Crippen molar-refractivity contribution in [2.24, 2.45) is 11.7 Å². The van der Waals surface area contributed by atoms with Gasteiger partial charge in [0.2, 0.25) is 5.91 Å². The maximum atomic E-state index is 11.8. The second kappa shape index (κ2) is 5.19. The molecule has 1 unspecified atom stereocenters. The van der Waals surface area contributed by atoms with Crippen LogP contribution in [0.25, 0.3) is 0 Å². The lowest BCUT2D eigenvalue weighted by Gasteiger charge is -2.16. The largest absolute Gasteiger partial charge is 0.494 e. The smallest absolute Gasteiger partial charge is 0.227 e. The van der Waals surface area contributed by atoms with Gasteiger partial charge in [0, 0.05) is 18.7 Å². The van der Waals surface area contributed by atoms with Crippen molar-refractivity contribution in [1.29, 1.82) is 0 Å². The molecule has 0 bridgehead atoms. The van der Waals surface area contributed by atoms with Gasteiger partial charge in [-0.25, -0.2) is 0 Å². The number of carbonyl (C=O) groups is 1. The predicted octanol–water partition coefficient (Wildman–Crippen LogP) is 1.40. The summed E-state index contributed by atoms with van der Waals surface area (Å²) in [7, 11) is 0. The molecule has 4 heteroatoms. The zero-order valence-corrected chi connectivity index (χ0v) is 10.1. The highest BCUT2D eigenvalue weighted by molar-refractivity contribution is 5.95. The van der Waals surface area contributed by atoms with Gasteiger partial charge in [0.15, 0.2) is 0 Å². The Kier molecular flexibility index (Phi) is 3.64. The van der Waals surface area contributed by atoms with E-state index in [-0.39, 0.29) is 11.8 Å². The van der Waals surface area contributed by atoms with Gasteiger partial charge in [-0.05, 0) is 43.7 Å². The molecular weight excluding hydrogens is 216 g/mol. The summed E-state index contributed by atoms with van der Waals surface area (Å²) in [4.78, 5) is 13.6. The quantitative estimate of drug-likeness (QED) is 0.856. The van der Waals surface area contributed by atoms with Crippen LogP contribution in [0.2, 0.25) is 0 Å². The van der Waals surface area contributed by atoms with Gasteiger partial charge in [0.25, 0.3) is 0 Å². The van der Waals surface area contributed by atoms with Crippen LogP contribution in [0.3, 0.4) is 0 Å². The Bertz CT molecular complexity index is 389. The molecule has 4 nitrogen and oxygen atoms in total.